The smallest absolute Gasteiger partial charge is 0.286 e. The molecule has 4 nitrogen and oxygen atoms in total. The van der Waals surface area contributed by atoms with E-state index in [1.54, 1.807) is 13.0 Å². The van der Waals surface area contributed by atoms with Crippen LogP contribution < -0.4 is 5.32 Å². The molecule has 7 heteroatoms. The molecule has 0 unspecified atom stereocenters. The minimum Gasteiger partial charge on any atom is -0.342 e. The molecule has 1 aromatic carbocycles. The fraction of sp³-hybridized carbons (Fsp3) is 0.125. The van der Waals surface area contributed by atoms with Gasteiger partial charge in [-0.25, -0.2) is 0 Å². The predicted octanol–water partition coefficient (Wildman–Crippen LogP) is 2.74. The number of nitrogens with one attached hydrogen (secondary N) is 1. The standard InChI is InChI=1S/C8H6Br2N2O2S/c1-4-11-7-2-5(9)6(10)3-8(7)15(13,14)12-4/h2-3H,1H3,(H,11,12). The molecule has 15 heavy (non-hydrogen) atoms. The molecule has 1 aliphatic heterocycles. The van der Waals surface area contributed by atoms with Crippen molar-refractivity contribution < 1.29 is 8.42 Å². The second-order valence-electron chi connectivity index (χ2n) is 3.04. The molecule has 1 aromatic rings. The van der Waals surface area contributed by atoms with Crippen molar-refractivity contribution in [1.29, 1.82) is 0 Å². The fourth-order valence-electron chi connectivity index (χ4n) is 1.29. The molecular formula is C8H6Br2N2O2S. The minimum atomic E-state index is -3.56. The van der Waals surface area contributed by atoms with Crippen LogP contribution >= 0.6 is 31.9 Å². The number of fused-ring (bicyclic) bond motifs is 1. The molecule has 0 radical (unpaired) electrons. The highest BCUT2D eigenvalue weighted by Crippen LogP contribution is 2.35. The van der Waals surface area contributed by atoms with Gasteiger partial charge in [0.05, 0.1) is 5.69 Å². The van der Waals surface area contributed by atoms with E-state index >= 15 is 0 Å². The fourth-order valence-corrected chi connectivity index (χ4v) is 3.28. The average molecular weight is 354 g/mol. The van der Waals surface area contributed by atoms with Crippen molar-refractivity contribution in [2.24, 2.45) is 4.40 Å². The van der Waals surface area contributed by atoms with Gasteiger partial charge in [-0.2, -0.15) is 8.42 Å². The summed E-state index contributed by atoms with van der Waals surface area (Å²) in [7, 11) is -3.56. The lowest BCUT2D eigenvalue weighted by Crippen LogP contribution is -2.18. The quantitative estimate of drug-likeness (QED) is 0.780. The summed E-state index contributed by atoms with van der Waals surface area (Å²) in [6, 6.07) is 3.23. The van der Waals surface area contributed by atoms with Crippen LogP contribution in [-0.2, 0) is 10.0 Å². The number of rotatable bonds is 0. The zero-order valence-electron chi connectivity index (χ0n) is 7.58. The number of anilines is 1. The Labute approximate surface area is 104 Å². The third-order valence-corrected chi connectivity index (χ3v) is 5.13. The Bertz CT molecular complexity index is 566. The summed E-state index contributed by atoms with van der Waals surface area (Å²) in [5.74, 6) is 0.372. The first-order chi connectivity index (χ1) is 6.90. The lowest BCUT2D eigenvalue weighted by Gasteiger charge is -2.16. The van der Waals surface area contributed by atoms with Gasteiger partial charge >= 0.3 is 0 Å². The highest BCUT2D eigenvalue weighted by Gasteiger charge is 2.24. The summed E-state index contributed by atoms with van der Waals surface area (Å²) in [4.78, 5) is 0.183. The van der Waals surface area contributed by atoms with Crippen LogP contribution in [0.15, 0.2) is 30.4 Å². The maximum Gasteiger partial charge on any atom is 0.286 e. The average Bonchev–Trinajstić information content (AvgIpc) is 2.07. The number of hydrogen-bond donors (Lipinski definition) is 1. The topological polar surface area (TPSA) is 58.5 Å². The van der Waals surface area contributed by atoms with Gasteiger partial charge in [-0.05, 0) is 50.9 Å². The van der Waals surface area contributed by atoms with Crippen LogP contribution in [0.25, 0.3) is 0 Å². The molecule has 2 rings (SSSR count). The summed E-state index contributed by atoms with van der Waals surface area (Å²) in [5, 5.41) is 2.90. The van der Waals surface area contributed by atoms with Crippen LogP contribution in [0.2, 0.25) is 0 Å². The lowest BCUT2D eigenvalue weighted by atomic mass is 10.3. The Hall–Kier alpha value is -0.400. The Kier molecular flexibility index (Phi) is 2.64. The van der Waals surface area contributed by atoms with Crippen molar-refractivity contribution >= 4 is 53.4 Å². The first-order valence-corrected chi connectivity index (χ1v) is 7.00. The Morgan fingerprint density at radius 3 is 2.53 bits per heavy atom. The number of nitrogens with zero attached hydrogens (tertiary/aromatic N) is 1. The van der Waals surface area contributed by atoms with Gasteiger partial charge in [0, 0.05) is 8.95 Å². The summed E-state index contributed by atoms with van der Waals surface area (Å²) < 4.78 is 28.4. The normalized spacial score (nSPS) is 17.7. The van der Waals surface area contributed by atoms with Crippen LogP contribution in [0.3, 0.4) is 0 Å². The Morgan fingerprint density at radius 2 is 1.87 bits per heavy atom. The number of amidine groups is 1. The molecule has 0 spiro atoms. The largest absolute Gasteiger partial charge is 0.342 e. The van der Waals surface area contributed by atoms with Gasteiger partial charge in [-0.3, -0.25) is 0 Å². The van der Waals surface area contributed by atoms with Crippen LogP contribution in [-0.4, -0.2) is 14.3 Å². The zero-order valence-corrected chi connectivity index (χ0v) is 11.6. The van der Waals surface area contributed by atoms with E-state index in [2.05, 4.69) is 41.6 Å². The van der Waals surface area contributed by atoms with Crippen molar-refractivity contribution in [3.8, 4) is 0 Å². The van der Waals surface area contributed by atoms with E-state index in [1.807, 2.05) is 0 Å². The monoisotopic (exact) mass is 352 g/mol. The van der Waals surface area contributed by atoms with E-state index in [4.69, 9.17) is 0 Å². The summed E-state index contributed by atoms with van der Waals surface area (Å²) in [6.45, 7) is 1.61. The Balaban J connectivity index is 2.75. The van der Waals surface area contributed by atoms with Gasteiger partial charge in [0.1, 0.15) is 10.7 Å². The summed E-state index contributed by atoms with van der Waals surface area (Å²) >= 11 is 6.56. The molecule has 0 aromatic heterocycles. The number of benzene rings is 1. The second kappa shape index (κ2) is 3.57. The van der Waals surface area contributed by atoms with E-state index in [-0.39, 0.29) is 4.90 Å². The molecule has 0 saturated heterocycles. The number of halogens is 2. The Morgan fingerprint density at radius 1 is 1.27 bits per heavy atom. The van der Waals surface area contributed by atoms with Gasteiger partial charge in [0.25, 0.3) is 10.0 Å². The third kappa shape index (κ3) is 1.95. The molecule has 0 saturated carbocycles. The highest BCUT2D eigenvalue weighted by molar-refractivity contribution is 9.13. The number of sulfonamides is 1. The molecule has 1 heterocycles. The SMILES string of the molecule is CC1=NS(=O)(=O)c2cc(Br)c(Br)cc2N1. The molecule has 0 aliphatic carbocycles. The molecule has 80 valence electrons. The van der Waals surface area contributed by atoms with Crippen LogP contribution in [0, 0.1) is 0 Å². The van der Waals surface area contributed by atoms with Gasteiger partial charge in [0.15, 0.2) is 0 Å². The van der Waals surface area contributed by atoms with Gasteiger partial charge in [-0.15, -0.1) is 4.40 Å². The van der Waals surface area contributed by atoms with Crippen molar-refractivity contribution in [2.75, 3.05) is 5.32 Å². The van der Waals surface area contributed by atoms with Gasteiger partial charge < -0.3 is 5.32 Å². The van der Waals surface area contributed by atoms with Gasteiger partial charge in [0.2, 0.25) is 0 Å². The zero-order chi connectivity index (χ0) is 11.2. The molecule has 0 amide bonds. The maximum atomic E-state index is 11.7. The molecule has 1 N–H and O–H groups in total. The summed E-state index contributed by atoms with van der Waals surface area (Å²) in [6.07, 6.45) is 0. The minimum absolute atomic E-state index is 0.183. The van der Waals surface area contributed by atoms with Crippen molar-refractivity contribution in [3.05, 3.63) is 21.1 Å². The van der Waals surface area contributed by atoms with Crippen LogP contribution in [0.4, 0.5) is 5.69 Å². The molecule has 1 aliphatic rings. The van der Waals surface area contributed by atoms with Crippen LogP contribution in [0.1, 0.15) is 6.92 Å². The number of hydrogen-bond acceptors (Lipinski definition) is 3. The van der Waals surface area contributed by atoms with E-state index in [0.717, 1.165) is 4.47 Å². The highest BCUT2D eigenvalue weighted by atomic mass is 79.9. The molecular weight excluding hydrogens is 348 g/mol. The van der Waals surface area contributed by atoms with E-state index in [9.17, 15) is 8.42 Å². The van der Waals surface area contributed by atoms with E-state index in [0.29, 0.717) is 16.0 Å². The third-order valence-electron chi connectivity index (χ3n) is 1.87. The van der Waals surface area contributed by atoms with Crippen molar-refractivity contribution in [2.45, 2.75) is 11.8 Å². The second-order valence-corrected chi connectivity index (χ2v) is 6.32. The first kappa shape index (κ1) is 11.1. The summed E-state index contributed by atoms with van der Waals surface area (Å²) in [5.41, 5.74) is 0.539. The van der Waals surface area contributed by atoms with Gasteiger partial charge in [-0.1, -0.05) is 0 Å². The first-order valence-electron chi connectivity index (χ1n) is 3.98. The van der Waals surface area contributed by atoms with E-state index in [1.165, 1.54) is 6.07 Å². The molecule has 0 atom stereocenters. The van der Waals surface area contributed by atoms with Crippen molar-refractivity contribution in [3.63, 3.8) is 0 Å². The van der Waals surface area contributed by atoms with Crippen molar-refractivity contribution in [1.82, 2.24) is 0 Å². The molecule has 0 bridgehead atoms. The maximum absolute atomic E-state index is 11.7. The predicted molar refractivity (Wildman–Crippen MR) is 65.8 cm³/mol. The lowest BCUT2D eigenvalue weighted by molar-refractivity contribution is 0.597. The van der Waals surface area contributed by atoms with Crippen LogP contribution in [0.5, 0.6) is 0 Å². The van der Waals surface area contributed by atoms with E-state index < -0.39 is 10.0 Å². The molecule has 0 fully saturated rings.